The standard InChI is InChI=1S/C44H67N5O6/c1-31(2)27-36(40(51)44(5)30-55-44)46-43(54)38(29-34-21-15-12-16-22-34)48-42(53)37(28-32(3)4)47-41(52)35(25-24-33-19-13-11-14-20-33)45-39(50)23-17-9-8-10-18-26-49(6)7/h11-16,19-22,31-32,35-38H,8-10,17-18,23-30H2,1-7H3,(H,45,50)(H,46,54)(H,47,52)(H,48,53)/t35-,36?,37?,38-,44?/m0/s1. The van der Waals surface area contributed by atoms with E-state index in [0.29, 0.717) is 38.7 Å². The van der Waals surface area contributed by atoms with Gasteiger partial charge in [0.1, 0.15) is 23.7 Å². The van der Waals surface area contributed by atoms with E-state index in [1.165, 1.54) is 0 Å². The van der Waals surface area contributed by atoms with Crippen LogP contribution in [0, 0.1) is 11.8 Å². The van der Waals surface area contributed by atoms with Crippen molar-refractivity contribution in [3.05, 3.63) is 71.8 Å². The van der Waals surface area contributed by atoms with E-state index in [4.69, 9.17) is 4.74 Å². The van der Waals surface area contributed by atoms with Crippen LogP contribution in [0.4, 0.5) is 0 Å². The Morgan fingerprint density at radius 2 is 1.15 bits per heavy atom. The minimum atomic E-state index is -1.02. The lowest BCUT2D eigenvalue weighted by molar-refractivity contribution is -0.135. The SMILES string of the molecule is CC(C)CC(NC(=O)[C@H](CCc1ccccc1)NC(=O)CCCCCCCN(C)C)C(=O)N[C@@H](Cc1ccccc1)C(=O)NC(CC(C)C)C(=O)C1(C)CO1. The number of carbonyl (C=O) groups excluding carboxylic acids is 5. The van der Waals surface area contributed by atoms with Crippen LogP contribution in [-0.4, -0.2) is 91.3 Å². The fourth-order valence-electron chi connectivity index (χ4n) is 6.64. The number of ketones is 1. The zero-order valence-electron chi connectivity index (χ0n) is 34.3. The van der Waals surface area contributed by atoms with E-state index in [1.54, 1.807) is 6.92 Å². The van der Waals surface area contributed by atoms with Gasteiger partial charge >= 0.3 is 0 Å². The van der Waals surface area contributed by atoms with Crippen LogP contribution in [0.25, 0.3) is 0 Å². The van der Waals surface area contributed by atoms with Crippen molar-refractivity contribution in [2.24, 2.45) is 11.8 Å². The quantitative estimate of drug-likeness (QED) is 0.0766. The molecule has 2 aromatic rings. The van der Waals surface area contributed by atoms with E-state index in [0.717, 1.165) is 49.8 Å². The number of ether oxygens (including phenoxy) is 1. The van der Waals surface area contributed by atoms with Gasteiger partial charge in [0, 0.05) is 12.8 Å². The van der Waals surface area contributed by atoms with Crippen LogP contribution < -0.4 is 21.3 Å². The van der Waals surface area contributed by atoms with Crippen LogP contribution in [0.3, 0.4) is 0 Å². The average Bonchev–Trinajstić information content (AvgIpc) is 3.90. The van der Waals surface area contributed by atoms with Gasteiger partial charge in [-0.05, 0) is 89.1 Å². The van der Waals surface area contributed by atoms with E-state index < -0.39 is 47.5 Å². The van der Waals surface area contributed by atoms with Crippen molar-refractivity contribution in [2.45, 2.75) is 135 Å². The summed E-state index contributed by atoms with van der Waals surface area (Å²) >= 11 is 0. The van der Waals surface area contributed by atoms with Crippen LogP contribution in [0.15, 0.2) is 60.7 Å². The second-order valence-electron chi connectivity index (χ2n) is 16.5. The number of nitrogens with zero attached hydrogens (tertiary/aromatic N) is 1. The molecule has 1 aliphatic heterocycles. The highest BCUT2D eigenvalue weighted by Gasteiger charge is 2.50. The van der Waals surface area contributed by atoms with Crippen LogP contribution in [-0.2, 0) is 41.6 Å². The summed E-state index contributed by atoms with van der Waals surface area (Å²) in [7, 11) is 4.13. The molecule has 4 amide bonds. The maximum Gasteiger partial charge on any atom is 0.243 e. The monoisotopic (exact) mass is 762 g/mol. The molecule has 1 fully saturated rings. The van der Waals surface area contributed by atoms with Gasteiger partial charge in [-0.15, -0.1) is 0 Å². The summed E-state index contributed by atoms with van der Waals surface area (Å²) in [6.07, 6.45) is 7.12. The summed E-state index contributed by atoms with van der Waals surface area (Å²) in [4.78, 5) is 70.8. The van der Waals surface area contributed by atoms with Gasteiger partial charge in [-0.25, -0.2) is 0 Å². The van der Waals surface area contributed by atoms with Gasteiger partial charge in [-0.1, -0.05) is 108 Å². The fraction of sp³-hybridized carbons (Fsp3) is 0.614. The lowest BCUT2D eigenvalue weighted by Gasteiger charge is -2.28. The first kappa shape index (κ1) is 45.3. The molecule has 304 valence electrons. The van der Waals surface area contributed by atoms with Gasteiger partial charge in [0.05, 0.1) is 12.6 Å². The summed E-state index contributed by atoms with van der Waals surface area (Å²) in [6, 6.07) is 15.5. The number of hydrogen-bond acceptors (Lipinski definition) is 7. The Morgan fingerprint density at radius 1 is 0.655 bits per heavy atom. The first-order chi connectivity index (χ1) is 26.2. The highest BCUT2D eigenvalue weighted by Crippen LogP contribution is 2.29. The number of aryl methyl sites for hydroxylation is 1. The molecule has 0 aliphatic carbocycles. The molecule has 0 bridgehead atoms. The molecule has 1 heterocycles. The van der Waals surface area contributed by atoms with Gasteiger partial charge in [0.25, 0.3) is 0 Å². The maximum absolute atomic E-state index is 14.1. The molecular weight excluding hydrogens is 695 g/mol. The molecule has 3 rings (SSSR count). The van der Waals surface area contributed by atoms with E-state index in [9.17, 15) is 24.0 Å². The summed E-state index contributed by atoms with van der Waals surface area (Å²) in [5, 5.41) is 11.8. The predicted octanol–water partition coefficient (Wildman–Crippen LogP) is 5.15. The summed E-state index contributed by atoms with van der Waals surface area (Å²) in [5.41, 5.74) is 0.944. The topological polar surface area (TPSA) is 149 Å². The largest absolute Gasteiger partial charge is 0.361 e. The Labute approximate surface area is 329 Å². The third kappa shape index (κ3) is 17.1. The normalized spacial score (nSPS) is 17.3. The number of epoxide rings is 1. The second-order valence-corrected chi connectivity index (χ2v) is 16.5. The van der Waals surface area contributed by atoms with Gasteiger partial charge < -0.3 is 30.9 Å². The first-order valence-corrected chi connectivity index (χ1v) is 20.3. The molecule has 11 nitrogen and oxygen atoms in total. The molecule has 0 aromatic heterocycles. The Hall–Kier alpha value is -4.09. The Bertz CT molecular complexity index is 1490. The third-order valence-corrected chi connectivity index (χ3v) is 9.92. The zero-order valence-corrected chi connectivity index (χ0v) is 34.3. The average molecular weight is 762 g/mol. The van der Waals surface area contributed by atoms with Crippen molar-refractivity contribution >= 4 is 29.4 Å². The van der Waals surface area contributed by atoms with Crippen LogP contribution in [0.2, 0.25) is 0 Å². The van der Waals surface area contributed by atoms with Crippen molar-refractivity contribution < 1.29 is 28.7 Å². The van der Waals surface area contributed by atoms with Crippen molar-refractivity contribution in [3.63, 3.8) is 0 Å². The number of unbranched alkanes of at least 4 members (excludes halogenated alkanes) is 4. The Morgan fingerprint density at radius 3 is 1.73 bits per heavy atom. The molecule has 0 radical (unpaired) electrons. The Balaban J connectivity index is 1.75. The maximum atomic E-state index is 14.1. The van der Waals surface area contributed by atoms with Gasteiger partial charge in [-0.2, -0.15) is 0 Å². The first-order valence-electron chi connectivity index (χ1n) is 20.3. The third-order valence-electron chi connectivity index (χ3n) is 9.92. The molecule has 55 heavy (non-hydrogen) atoms. The minimum Gasteiger partial charge on any atom is -0.361 e. The number of benzene rings is 2. The molecule has 4 N–H and O–H groups in total. The van der Waals surface area contributed by atoms with Crippen molar-refractivity contribution in [2.75, 3.05) is 27.2 Å². The second kappa shape index (κ2) is 23.1. The minimum absolute atomic E-state index is 0.0277. The predicted molar refractivity (Wildman–Crippen MR) is 217 cm³/mol. The molecule has 1 aliphatic rings. The lowest BCUT2D eigenvalue weighted by Crippen LogP contribution is -2.59. The lowest BCUT2D eigenvalue weighted by atomic mass is 9.93. The van der Waals surface area contributed by atoms with Crippen LogP contribution in [0.1, 0.15) is 104 Å². The number of amides is 4. The molecule has 1 saturated heterocycles. The number of Topliss-reactive ketones (excluding diaryl/α,β-unsaturated/α-hetero) is 1. The Kier molecular flexibility index (Phi) is 19.0. The van der Waals surface area contributed by atoms with Gasteiger partial charge in [-0.3, -0.25) is 24.0 Å². The molecule has 0 spiro atoms. The smallest absolute Gasteiger partial charge is 0.243 e. The molecule has 11 heteroatoms. The zero-order chi connectivity index (χ0) is 40.4. The van der Waals surface area contributed by atoms with Gasteiger partial charge in [0.2, 0.25) is 23.6 Å². The van der Waals surface area contributed by atoms with E-state index in [2.05, 4.69) is 40.3 Å². The van der Waals surface area contributed by atoms with Gasteiger partial charge in [0.15, 0.2) is 5.78 Å². The molecular formula is C44H67N5O6. The highest BCUT2D eigenvalue weighted by atomic mass is 16.6. The molecule has 0 saturated carbocycles. The number of hydrogen-bond donors (Lipinski definition) is 4. The van der Waals surface area contributed by atoms with E-state index in [1.807, 2.05) is 88.4 Å². The molecule has 2 aromatic carbocycles. The van der Waals surface area contributed by atoms with E-state index >= 15 is 0 Å². The summed E-state index contributed by atoms with van der Waals surface area (Å²) in [5.74, 6) is -1.67. The van der Waals surface area contributed by atoms with Crippen molar-refractivity contribution in [1.82, 2.24) is 26.2 Å². The number of rotatable bonds is 26. The van der Waals surface area contributed by atoms with Crippen LogP contribution in [0.5, 0.6) is 0 Å². The fourth-order valence-corrected chi connectivity index (χ4v) is 6.64. The van der Waals surface area contributed by atoms with E-state index in [-0.39, 0.29) is 29.9 Å². The van der Waals surface area contributed by atoms with Crippen LogP contribution >= 0.6 is 0 Å². The molecule has 5 atom stereocenters. The summed E-state index contributed by atoms with van der Waals surface area (Å²) in [6.45, 7) is 11.0. The highest BCUT2D eigenvalue weighted by molar-refractivity contribution is 5.98. The molecule has 3 unspecified atom stereocenters. The van der Waals surface area contributed by atoms with Crippen molar-refractivity contribution in [3.8, 4) is 0 Å². The number of nitrogens with one attached hydrogen (secondary N) is 4. The summed E-state index contributed by atoms with van der Waals surface area (Å²) < 4.78 is 5.42. The number of carbonyl (C=O) groups is 5. The van der Waals surface area contributed by atoms with Crippen molar-refractivity contribution in [1.29, 1.82) is 0 Å².